The lowest BCUT2D eigenvalue weighted by atomic mass is 10.0. The molecule has 2 aromatic carbocycles. The number of sulfonamides is 1. The quantitative estimate of drug-likeness (QED) is 0.690. The average Bonchev–Trinajstić information content (AvgIpc) is 2.84. The van der Waals surface area contributed by atoms with Crippen molar-refractivity contribution in [3.05, 3.63) is 54.1 Å². The zero-order chi connectivity index (χ0) is 22.7. The standard InChI is InChI=1S/C24H31N3O4S/c1-19-11-13-27(14-12-19)32(29,30)23-9-3-20(4-10-23)24(28)26-17-15-25(16-18-26)21-5-7-22(31-2)8-6-21/h3-10,19H,11-18H2,1-2H3. The Balaban J connectivity index is 1.37. The van der Waals surface area contributed by atoms with Crippen LogP contribution in [0.1, 0.15) is 30.1 Å². The minimum absolute atomic E-state index is 0.0601. The van der Waals surface area contributed by atoms with Gasteiger partial charge in [0.05, 0.1) is 12.0 Å². The van der Waals surface area contributed by atoms with Gasteiger partial charge in [-0.15, -0.1) is 0 Å². The number of benzene rings is 2. The van der Waals surface area contributed by atoms with Crippen LogP contribution in [-0.4, -0.2) is 69.9 Å². The number of ether oxygens (including phenoxy) is 1. The van der Waals surface area contributed by atoms with Crippen molar-refractivity contribution in [2.75, 3.05) is 51.3 Å². The molecule has 2 saturated heterocycles. The predicted molar refractivity (Wildman–Crippen MR) is 125 cm³/mol. The Morgan fingerprint density at radius 1 is 0.875 bits per heavy atom. The van der Waals surface area contributed by atoms with Crippen molar-refractivity contribution < 1.29 is 17.9 Å². The molecule has 2 heterocycles. The zero-order valence-electron chi connectivity index (χ0n) is 18.7. The molecule has 2 fully saturated rings. The van der Waals surface area contributed by atoms with E-state index in [0.29, 0.717) is 37.7 Å². The smallest absolute Gasteiger partial charge is 0.253 e. The van der Waals surface area contributed by atoms with Gasteiger partial charge in [0, 0.05) is 50.5 Å². The molecule has 0 bridgehead atoms. The van der Waals surface area contributed by atoms with Crippen molar-refractivity contribution >= 4 is 21.6 Å². The summed E-state index contributed by atoms with van der Waals surface area (Å²) in [6.07, 6.45) is 1.77. The highest BCUT2D eigenvalue weighted by atomic mass is 32.2. The topological polar surface area (TPSA) is 70.2 Å². The number of anilines is 1. The molecular weight excluding hydrogens is 426 g/mol. The molecule has 7 nitrogen and oxygen atoms in total. The van der Waals surface area contributed by atoms with Crippen LogP contribution in [0, 0.1) is 5.92 Å². The fourth-order valence-electron chi connectivity index (χ4n) is 4.29. The van der Waals surface area contributed by atoms with Crippen molar-refractivity contribution in [1.29, 1.82) is 0 Å². The molecule has 0 saturated carbocycles. The highest BCUT2D eigenvalue weighted by molar-refractivity contribution is 7.89. The Morgan fingerprint density at radius 3 is 2.03 bits per heavy atom. The van der Waals surface area contributed by atoms with Crippen LogP contribution in [0.25, 0.3) is 0 Å². The summed E-state index contributed by atoms with van der Waals surface area (Å²) in [5.74, 6) is 1.32. The normalized spacial score (nSPS) is 18.6. The van der Waals surface area contributed by atoms with Gasteiger partial charge in [-0.25, -0.2) is 8.42 Å². The van der Waals surface area contributed by atoms with Crippen molar-refractivity contribution in [2.45, 2.75) is 24.7 Å². The van der Waals surface area contributed by atoms with Gasteiger partial charge in [-0.2, -0.15) is 4.31 Å². The minimum atomic E-state index is -3.50. The van der Waals surface area contributed by atoms with Gasteiger partial charge in [-0.05, 0) is 67.3 Å². The van der Waals surface area contributed by atoms with Crippen LogP contribution >= 0.6 is 0 Å². The molecule has 1 amide bonds. The SMILES string of the molecule is COc1ccc(N2CCN(C(=O)c3ccc(S(=O)(=O)N4CCC(C)CC4)cc3)CC2)cc1. The number of hydrogen-bond acceptors (Lipinski definition) is 5. The van der Waals surface area contributed by atoms with E-state index >= 15 is 0 Å². The molecule has 2 aliphatic heterocycles. The van der Waals surface area contributed by atoms with Gasteiger partial charge in [0.2, 0.25) is 10.0 Å². The van der Waals surface area contributed by atoms with Gasteiger partial charge < -0.3 is 14.5 Å². The lowest BCUT2D eigenvalue weighted by Gasteiger charge is -2.36. The van der Waals surface area contributed by atoms with E-state index in [4.69, 9.17) is 4.74 Å². The summed E-state index contributed by atoms with van der Waals surface area (Å²) in [6, 6.07) is 14.3. The van der Waals surface area contributed by atoms with E-state index in [1.807, 2.05) is 29.2 Å². The second-order valence-corrected chi connectivity index (χ2v) is 10.5. The highest BCUT2D eigenvalue weighted by Gasteiger charge is 2.28. The number of amides is 1. The number of rotatable bonds is 5. The van der Waals surface area contributed by atoms with Crippen LogP contribution < -0.4 is 9.64 Å². The third kappa shape index (κ3) is 4.76. The molecule has 2 aliphatic rings. The van der Waals surface area contributed by atoms with E-state index in [9.17, 15) is 13.2 Å². The van der Waals surface area contributed by atoms with E-state index in [2.05, 4.69) is 11.8 Å². The van der Waals surface area contributed by atoms with Gasteiger partial charge in [-0.3, -0.25) is 4.79 Å². The summed E-state index contributed by atoms with van der Waals surface area (Å²) in [6.45, 7) is 6.01. The number of methoxy groups -OCH3 is 1. The number of carbonyl (C=O) groups is 1. The Bertz CT molecular complexity index is 1020. The van der Waals surface area contributed by atoms with E-state index < -0.39 is 10.0 Å². The Kier molecular flexibility index (Phi) is 6.71. The number of carbonyl (C=O) groups excluding carboxylic acids is 1. The summed E-state index contributed by atoms with van der Waals surface area (Å²) in [5.41, 5.74) is 1.63. The molecule has 0 aromatic heterocycles. The summed E-state index contributed by atoms with van der Waals surface area (Å²) < 4.78 is 32.6. The first-order valence-electron chi connectivity index (χ1n) is 11.2. The van der Waals surface area contributed by atoms with Crippen molar-refractivity contribution in [1.82, 2.24) is 9.21 Å². The van der Waals surface area contributed by atoms with E-state index in [1.54, 1.807) is 35.7 Å². The van der Waals surface area contributed by atoms with Crippen molar-refractivity contribution in [3.63, 3.8) is 0 Å². The predicted octanol–water partition coefficient (Wildman–Crippen LogP) is 3.08. The molecule has 0 radical (unpaired) electrons. The summed E-state index contributed by atoms with van der Waals surface area (Å²) in [4.78, 5) is 17.3. The van der Waals surface area contributed by atoms with Crippen molar-refractivity contribution in [3.8, 4) is 5.75 Å². The van der Waals surface area contributed by atoms with E-state index in [1.165, 1.54) is 0 Å². The lowest BCUT2D eigenvalue weighted by molar-refractivity contribution is 0.0746. The van der Waals surface area contributed by atoms with Crippen LogP contribution in [0.3, 0.4) is 0 Å². The molecule has 0 spiro atoms. The third-order valence-electron chi connectivity index (χ3n) is 6.49. The van der Waals surface area contributed by atoms with Crippen LogP contribution in [0.2, 0.25) is 0 Å². The molecular formula is C24H31N3O4S. The zero-order valence-corrected chi connectivity index (χ0v) is 19.6. The van der Waals surface area contributed by atoms with Crippen LogP contribution in [-0.2, 0) is 10.0 Å². The molecule has 2 aromatic rings. The van der Waals surface area contributed by atoms with E-state index in [-0.39, 0.29) is 10.8 Å². The Labute approximate surface area is 190 Å². The average molecular weight is 458 g/mol. The molecule has 0 atom stereocenters. The largest absolute Gasteiger partial charge is 0.497 e. The van der Waals surface area contributed by atoms with Crippen LogP contribution in [0.4, 0.5) is 5.69 Å². The molecule has 8 heteroatoms. The molecule has 0 aliphatic carbocycles. The number of piperazine rings is 1. The first-order valence-corrected chi connectivity index (χ1v) is 12.6. The maximum atomic E-state index is 13.0. The van der Waals surface area contributed by atoms with Crippen molar-refractivity contribution in [2.24, 2.45) is 5.92 Å². The Morgan fingerprint density at radius 2 is 1.47 bits per heavy atom. The molecule has 4 rings (SSSR count). The summed E-state index contributed by atoms with van der Waals surface area (Å²) in [5, 5.41) is 0. The lowest BCUT2D eigenvalue weighted by Crippen LogP contribution is -2.48. The minimum Gasteiger partial charge on any atom is -0.497 e. The summed E-state index contributed by atoms with van der Waals surface area (Å²) in [7, 11) is -1.85. The second-order valence-electron chi connectivity index (χ2n) is 8.59. The van der Waals surface area contributed by atoms with Crippen LogP contribution in [0.15, 0.2) is 53.4 Å². The Hall–Kier alpha value is -2.58. The maximum absolute atomic E-state index is 13.0. The fraction of sp³-hybridized carbons (Fsp3) is 0.458. The molecule has 172 valence electrons. The third-order valence-corrected chi connectivity index (χ3v) is 8.40. The molecule has 32 heavy (non-hydrogen) atoms. The number of nitrogens with zero attached hydrogens (tertiary/aromatic N) is 3. The van der Waals surface area contributed by atoms with Gasteiger partial charge >= 0.3 is 0 Å². The molecule has 0 unspecified atom stereocenters. The van der Waals surface area contributed by atoms with Gasteiger partial charge in [0.15, 0.2) is 0 Å². The fourth-order valence-corrected chi connectivity index (χ4v) is 5.76. The second kappa shape index (κ2) is 9.50. The maximum Gasteiger partial charge on any atom is 0.253 e. The van der Waals surface area contributed by atoms with Gasteiger partial charge in [0.1, 0.15) is 5.75 Å². The van der Waals surface area contributed by atoms with Crippen LogP contribution in [0.5, 0.6) is 5.75 Å². The molecule has 0 N–H and O–H groups in total. The number of piperidine rings is 1. The first kappa shape index (κ1) is 22.6. The number of hydrogen-bond donors (Lipinski definition) is 0. The van der Waals surface area contributed by atoms with Gasteiger partial charge in [0.25, 0.3) is 5.91 Å². The van der Waals surface area contributed by atoms with E-state index in [0.717, 1.165) is 37.4 Å². The first-order chi connectivity index (χ1) is 15.4. The summed E-state index contributed by atoms with van der Waals surface area (Å²) >= 11 is 0. The monoisotopic (exact) mass is 457 g/mol. The highest BCUT2D eigenvalue weighted by Crippen LogP contribution is 2.24. The van der Waals surface area contributed by atoms with Gasteiger partial charge in [-0.1, -0.05) is 6.92 Å².